The van der Waals surface area contributed by atoms with Crippen LogP contribution in [0.1, 0.15) is 52.4 Å². The third-order valence-corrected chi connectivity index (χ3v) is 6.10. The Morgan fingerprint density at radius 1 is 1.16 bits per heavy atom. The van der Waals surface area contributed by atoms with Gasteiger partial charge in [-0.15, -0.1) is 0 Å². The smallest absolute Gasteiger partial charge is 0.213 e. The van der Waals surface area contributed by atoms with Crippen molar-refractivity contribution >= 4 is 10.0 Å². The van der Waals surface area contributed by atoms with Crippen molar-refractivity contribution in [3.63, 3.8) is 0 Å². The maximum atomic E-state index is 12.2. The molecule has 4 unspecified atom stereocenters. The molecular formula is C14H28N2O2S. The molecule has 0 aromatic carbocycles. The van der Waals surface area contributed by atoms with E-state index in [4.69, 9.17) is 0 Å². The Bertz CT molecular complexity index is 377. The number of hydrogen-bond acceptors (Lipinski definition) is 3. The van der Waals surface area contributed by atoms with Gasteiger partial charge < -0.3 is 5.32 Å². The Morgan fingerprint density at radius 2 is 1.95 bits per heavy atom. The van der Waals surface area contributed by atoms with Gasteiger partial charge >= 0.3 is 0 Å². The Balaban J connectivity index is 1.86. The van der Waals surface area contributed by atoms with E-state index < -0.39 is 10.0 Å². The molecule has 2 fully saturated rings. The minimum atomic E-state index is -3.14. The lowest BCUT2D eigenvalue weighted by Crippen LogP contribution is -2.47. The molecule has 0 aromatic rings. The quantitative estimate of drug-likeness (QED) is 0.830. The standard InChI is InChI=1S/C14H28N2O2S/c1-11-6-7-14(12(2)9-11)16-19(17,18)10-13-5-3-4-8-15-13/h11-16H,3-10H2,1-2H3. The summed E-state index contributed by atoms with van der Waals surface area (Å²) >= 11 is 0. The van der Waals surface area contributed by atoms with Gasteiger partial charge in [-0.25, -0.2) is 13.1 Å². The SMILES string of the molecule is CC1CCC(NS(=O)(=O)CC2CCCCN2)C(C)C1. The highest BCUT2D eigenvalue weighted by atomic mass is 32.2. The van der Waals surface area contributed by atoms with Crippen molar-refractivity contribution in [2.45, 2.75) is 64.5 Å². The molecule has 0 spiro atoms. The second kappa shape index (κ2) is 6.55. The summed E-state index contributed by atoms with van der Waals surface area (Å²) in [5.41, 5.74) is 0. The van der Waals surface area contributed by atoms with Crippen LogP contribution in [0.4, 0.5) is 0 Å². The highest BCUT2D eigenvalue weighted by Crippen LogP contribution is 2.29. The van der Waals surface area contributed by atoms with Crippen LogP contribution in [0, 0.1) is 11.8 Å². The molecule has 0 radical (unpaired) electrons. The van der Waals surface area contributed by atoms with Gasteiger partial charge in [-0.3, -0.25) is 0 Å². The molecule has 0 aromatic heterocycles. The summed E-state index contributed by atoms with van der Waals surface area (Å²) in [6.45, 7) is 5.38. The van der Waals surface area contributed by atoms with Crippen molar-refractivity contribution in [1.29, 1.82) is 0 Å². The van der Waals surface area contributed by atoms with Crippen molar-refractivity contribution in [2.75, 3.05) is 12.3 Å². The molecule has 4 atom stereocenters. The van der Waals surface area contributed by atoms with Crippen molar-refractivity contribution < 1.29 is 8.42 Å². The van der Waals surface area contributed by atoms with Gasteiger partial charge in [0.2, 0.25) is 10.0 Å². The molecule has 2 aliphatic rings. The van der Waals surface area contributed by atoms with E-state index in [2.05, 4.69) is 23.9 Å². The van der Waals surface area contributed by atoms with Crippen LogP contribution in [0.3, 0.4) is 0 Å². The van der Waals surface area contributed by atoms with Crippen LogP contribution in [-0.4, -0.2) is 32.8 Å². The third kappa shape index (κ3) is 4.72. The fraction of sp³-hybridized carbons (Fsp3) is 1.00. The van der Waals surface area contributed by atoms with Gasteiger partial charge in [0.1, 0.15) is 0 Å². The minimum absolute atomic E-state index is 0.143. The molecule has 5 heteroatoms. The maximum Gasteiger partial charge on any atom is 0.213 e. The fourth-order valence-electron chi connectivity index (χ4n) is 3.45. The van der Waals surface area contributed by atoms with Crippen LogP contribution in [-0.2, 0) is 10.0 Å². The second-order valence-corrected chi connectivity index (χ2v) is 8.35. The predicted molar refractivity (Wildman–Crippen MR) is 78.5 cm³/mol. The molecule has 1 aliphatic carbocycles. The Morgan fingerprint density at radius 3 is 2.58 bits per heavy atom. The summed E-state index contributed by atoms with van der Waals surface area (Å²) in [4.78, 5) is 0. The van der Waals surface area contributed by atoms with Gasteiger partial charge in [0.15, 0.2) is 0 Å². The Kier molecular flexibility index (Phi) is 5.26. The van der Waals surface area contributed by atoms with Gasteiger partial charge in [-0.1, -0.05) is 20.3 Å². The van der Waals surface area contributed by atoms with Gasteiger partial charge in [-0.05, 0) is 50.5 Å². The van der Waals surface area contributed by atoms with E-state index in [1.165, 1.54) is 6.42 Å². The monoisotopic (exact) mass is 288 g/mol. The molecular weight excluding hydrogens is 260 g/mol. The van der Waals surface area contributed by atoms with E-state index in [0.717, 1.165) is 44.6 Å². The van der Waals surface area contributed by atoms with E-state index in [1.54, 1.807) is 0 Å². The molecule has 2 rings (SSSR count). The minimum Gasteiger partial charge on any atom is -0.313 e. The summed E-state index contributed by atoms with van der Waals surface area (Å²) < 4.78 is 27.4. The Labute approximate surface area is 117 Å². The zero-order chi connectivity index (χ0) is 13.9. The van der Waals surface area contributed by atoms with Crippen LogP contribution in [0.2, 0.25) is 0 Å². The maximum absolute atomic E-state index is 12.2. The number of nitrogens with one attached hydrogen (secondary N) is 2. The van der Waals surface area contributed by atoms with Crippen molar-refractivity contribution in [2.24, 2.45) is 11.8 Å². The molecule has 1 saturated heterocycles. The topological polar surface area (TPSA) is 58.2 Å². The summed E-state index contributed by atoms with van der Waals surface area (Å²) in [5, 5.41) is 3.31. The molecule has 4 nitrogen and oxygen atoms in total. The van der Waals surface area contributed by atoms with Crippen molar-refractivity contribution in [3.8, 4) is 0 Å². The normalized spacial score (nSPS) is 37.2. The lowest BCUT2D eigenvalue weighted by Gasteiger charge is -2.33. The first-order chi connectivity index (χ1) is 8.96. The summed E-state index contributed by atoms with van der Waals surface area (Å²) in [6, 6.07) is 0.286. The van der Waals surface area contributed by atoms with Crippen LogP contribution < -0.4 is 10.0 Å². The van der Waals surface area contributed by atoms with E-state index in [9.17, 15) is 8.42 Å². The lowest BCUT2D eigenvalue weighted by molar-refractivity contribution is 0.249. The zero-order valence-electron chi connectivity index (χ0n) is 12.2. The molecule has 19 heavy (non-hydrogen) atoms. The summed E-state index contributed by atoms with van der Waals surface area (Å²) in [6.07, 6.45) is 6.55. The molecule has 1 saturated carbocycles. The highest BCUT2D eigenvalue weighted by Gasteiger charge is 2.30. The average Bonchev–Trinajstić information content (AvgIpc) is 2.33. The van der Waals surface area contributed by atoms with Gasteiger partial charge in [-0.2, -0.15) is 0 Å². The van der Waals surface area contributed by atoms with Crippen LogP contribution >= 0.6 is 0 Å². The molecule has 1 heterocycles. The highest BCUT2D eigenvalue weighted by molar-refractivity contribution is 7.89. The van der Waals surface area contributed by atoms with E-state index in [-0.39, 0.29) is 17.8 Å². The molecule has 0 amide bonds. The predicted octanol–water partition coefficient (Wildman–Crippen LogP) is 1.87. The second-order valence-electron chi connectivity index (χ2n) is 6.55. The molecule has 1 aliphatic heterocycles. The first-order valence-electron chi connectivity index (χ1n) is 7.69. The van der Waals surface area contributed by atoms with E-state index in [1.807, 2.05) is 0 Å². The van der Waals surface area contributed by atoms with Crippen molar-refractivity contribution in [1.82, 2.24) is 10.0 Å². The van der Waals surface area contributed by atoms with E-state index >= 15 is 0 Å². The lowest BCUT2D eigenvalue weighted by atomic mass is 9.80. The van der Waals surface area contributed by atoms with Gasteiger partial charge in [0.25, 0.3) is 0 Å². The number of rotatable bonds is 4. The third-order valence-electron chi connectivity index (χ3n) is 4.60. The van der Waals surface area contributed by atoms with Gasteiger partial charge in [0, 0.05) is 12.1 Å². The molecule has 2 N–H and O–H groups in total. The van der Waals surface area contributed by atoms with Crippen LogP contribution in [0.25, 0.3) is 0 Å². The first kappa shape index (κ1) is 15.3. The summed E-state index contributed by atoms with van der Waals surface area (Å²) in [7, 11) is -3.14. The van der Waals surface area contributed by atoms with Crippen LogP contribution in [0.15, 0.2) is 0 Å². The van der Waals surface area contributed by atoms with Gasteiger partial charge in [0.05, 0.1) is 5.75 Å². The van der Waals surface area contributed by atoms with E-state index in [0.29, 0.717) is 5.92 Å². The van der Waals surface area contributed by atoms with Crippen molar-refractivity contribution in [3.05, 3.63) is 0 Å². The number of piperidine rings is 1. The largest absolute Gasteiger partial charge is 0.313 e. The van der Waals surface area contributed by atoms with Crippen LogP contribution in [0.5, 0.6) is 0 Å². The Hall–Kier alpha value is -0.130. The molecule has 112 valence electrons. The first-order valence-corrected chi connectivity index (χ1v) is 9.35. The average molecular weight is 288 g/mol. The fourth-order valence-corrected chi connectivity index (χ4v) is 5.17. The zero-order valence-corrected chi connectivity index (χ0v) is 13.0. The number of sulfonamides is 1. The number of hydrogen-bond donors (Lipinski definition) is 2. The summed E-state index contributed by atoms with van der Waals surface area (Å²) in [5.74, 6) is 1.43. The molecule has 0 bridgehead atoms.